The van der Waals surface area contributed by atoms with Gasteiger partial charge in [-0.1, -0.05) is 36.4 Å². The first kappa shape index (κ1) is 29.1. The second-order valence-corrected chi connectivity index (χ2v) is 19.1. The summed E-state index contributed by atoms with van der Waals surface area (Å²) in [4.78, 5) is 13.3. The first-order valence-electron chi connectivity index (χ1n) is 15.8. The molecular formula is C42H26S6. The highest BCUT2D eigenvalue weighted by atomic mass is 32.1. The van der Waals surface area contributed by atoms with Crippen molar-refractivity contribution in [2.75, 3.05) is 0 Å². The lowest BCUT2D eigenvalue weighted by atomic mass is 9.95. The van der Waals surface area contributed by atoms with Crippen LogP contribution in [0.15, 0.2) is 109 Å². The number of fused-ring (bicyclic) bond motifs is 9. The van der Waals surface area contributed by atoms with Gasteiger partial charge in [0, 0.05) is 68.9 Å². The number of hydrogen-bond donors (Lipinski definition) is 0. The van der Waals surface area contributed by atoms with Crippen molar-refractivity contribution in [2.45, 2.75) is 13.8 Å². The summed E-state index contributed by atoms with van der Waals surface area (Å²) >= 11 is 11.3. The van der Waals surface area contributed by atoms with Crippen LogP contribution in [0.5, 0.6) is 0 Å². The molecule has 0 bridgehead atoms. The average Bonchev–Trinajstić information content (AvgIpc) is 3.94. The molecule has 230 valence electrons. The van der Waals surface area contributed by atoms with Gasteiger partial charge in [-0.3, -0.25) is 0 Å². The maximum Gasteiger partial charge on any atom is 0.0455 e. The number of rotatable bonds is 5. The number of thiophene rings is 6. The molecule has 0 nitrogen and oxygen atoms in total. The summed E-state index contributed by atoms with van der Waals surface area (Å²) in [6.45, 7) is 4.37. The first-order valence-corrected chi connectivity index (χ1v) is 20.7. The van der Waals surface area contributed by atoms with E-state index in [2.05, 4.69) is 135 Å². The van der Waals surface area contributed by atoms with Crippen LogP contribution in [0.25, 0.3) is 93.9 Å². The molecule has 6 heteroatoms. The Balaban J connectivity index is 0.951. The monoisotopic (exact) mass is 722 g/mol. The van der Waals surface area contributed by atoms with Gasteiger partial charge in [-0.15, -0.1) is 68.0 Å². The lowest BCUT2D eigenvalue weighted by molar-refractivity contribution is 1.64. The van der Waals surface area contributed by atoms with Crippen LogP contribution in [0.3, 0.4) is 0 Å². The zero-order valence-corrected chi connectivity index (χ0v) is 30.9. The molecule has 0 aliphatic carbocycles. The van der Waals surface area contributed by atoms with Gasteiger partial charge in [-0.25, -0.2) is 0 Å². The number of aryl methyl sites for hydroxylation is 2. The van der Waals surface area contributed by atoms with Crippen LogP contribution in [0.4, 0.5) is 0 Å². The number of benzene rings is 4. The van der Waals surface area contributed by atoms with Crippen LogP contribution >= 0.6 is 68.0 Å². The van der Waals surface area contributed by atoms with E-state index in [9.17, 15) is 0 Å². The smallest absolute Gasteiger partial charge is 0.0455 e. The molecule has 6 aromatic heterocycles. The molecule has 0 atom stereocenters. The van der Waals surface area contributed by atoms with Gasteiger partial charge in [0.2, 0.25) is 0 Å². The van der Waals surface area contributed by atoms with Crippen molar-refractivity contribution in [3.05, 3.63) is 129 Å². The SMILES string of the molecule is Cc1ccc(-c2ccc(/C=C/c3ccc(-c4ccc(-c5cc6c(ccc7c6ccc6c8ccc9sc(C)cc9c8ccc76)s5)s4)s3)s2)s1. The topological polar surface area (TPSA) is 0 Å². The highest BCUT2D eigenvalue weighted by molar-refractivity contribution is 7.28. The molecule has 0 unspecified atom stereocenters. The third kappa shape index (κ3) is 4.85. The van der Waals surface area contributed by atoms with Crippen molar-refractivity contribution in [3.8, 4) is 29.3 Å². The van der Waals surface area contributed by atoms with E-state index < -0.39 is 0 Å². The molecule has 0 fully saturated rings. The largest absolute Gasteiger partial charge is 0.141 e. The molecule has 0 saturated heterocycles. The van der Waals surface area contributed by atoms with Gasteiger partial charge in [0.15, 0.2) is 0 Å². The minimum atomic E-state index is 1.28. The van der Waals surface area contributed by atoms with Crippen LogP contribution < -0.4 is 0 Å². The maximum atomic E-state index is 2.41. The molecule has 6 heterocycles. The van der Waals surface area contributed by atoms with Gasteiger partial charge in [-0.2, -0.15) is 0 Å². The van der Waals surface area contributed by atoms with Gasteiger partial charge in [-0.05, 0) is 131 Å². The van der Waals surface area contributed by atoms with E-state index in [4.69, 9.17) is 0 Å². The summed E-state index contributed by atoms with van der Waals surface area (Å²) in [5.74, 6) is 0. The van der Waals surface area contributed by atoms with Crippen LogP contribution in [-0.4, -0.2) is 0 Å². The molecule has 10 rings (SSSR count). The van der Waals surface area contributed by atoms with Crippen molar-refractivity contribution < 1.29 is 0 Å². The van der Waals surface area contributed by atoms with Crippen LogP contribution in [-0.2, 0) is 0 Å². The van der Waals surface area contributed by atoms with Crippen molar-refractivity contribution in [1.29, 1.82) is 0 Å². The summed E-state index contributed by atoms with van der Waals surface area (Å²) < 4.78 is 2.71. The zero-order valence-electron chi connectivity index (χ0n) is 26.0. The Morgan fingerprint density at radius 2 is 0.750 bits per heavy atom. The average molecular weight is 723 g/mol. The Morgan fingerprint density at radius 1 is 0.312 bits per heavy atom. The fourth-order valence-electron chi connectivity index (χ4n) is 6.81. The Bertz CT molecular complexity index is 2870. The molecule has 0 radical (unpaired) electrons. The standard InChI is InChI=1S/C42H26S6/c1-23-3-14-37(43-23)38-15-6-25(45-38)4-5-26-7-16-39(46-26)40-19-20-41(48-40)42-22-34-32-11-9-27-28(30(32)13-18-36(34)47-42)8-10-31-29(27)12-17-35-33(31)21-24(2)44-35/h3-22H,1-2H3/b5-4+. The lowest BCUT2D eigenvalue weighted by Gasteiger charge is -2.09. The minimum Gasteiger partial charge on any atom is -0.141 e. The second-order valence-electron chi connectivity index (χ2n) is 12.2. The Kier molecular flexibility index (Phi) is 6.87. The molecule has 0 aliphatic heterocycles. The van der Waals surface area contributed by atoms with E-state index in [1.165, 1.54) is 101 Å². The first-order chi connectivity index (χ1) is 23.5. The predicted molar refractivity (Wildman–Crippen MR) is 222 cm³/mol. The second kappa shape index (κ2) is 11.3. The highest BCUT2D eigenvalue weighted by Crippen LogP contribution is 2.45. The molecule has 0 aliphatic rings. The molecular weight excluding hydrogens is 697 g/mol. The van der Waals surface area contributed by atoms with E-state index in [0.29, 0.717) is 0 Å². The summed E-state index contributed by atoms with van der Waals surface area (Å²) in [6.07, 6.45) is 4.51. The molecule has 0 spiro atoms. The summed E-state index contributed by atoms with van der Waals surface area (Å²) in [7, 11) is 0. The molecule has 0 N–H and O–H groups in total. The molecule has 0 saturated carbocycles. The predicted octanol–water partition coefficient (Wildman–Crippen LogP) is 15.6. The van der Waals surface area contributed by atoms with Crippen molar-refractivity contribution in [3.63, 3.8) is 0 Å². The van der Waals surface area contributed by atoms with Gasteiger partial charge in [0.05, 0.1) is 0 Å². The van der Waals surface area contributed by atoms with Gasteiger partial charge < -0.3 is 0 Å². The van der Waals surface area contributed by atoms with Crippen molar-refractivity contribution >= 4 is 133 Å². The van der Waals surface area contributed by atoms with Gasteiger partial charge >= 0.3 is 0 Å². The third-order valence-corrected chi connectivity index (χ3v) is 15.9. The van der Waals surface area contributed by atoms with Crippen LogP contribution in [0, 0.1) is 13.8 Å². The van der Waals surface area contributed by atoms with Gasteiger partial charge in [0.25, 0.3) is 0 Å². The van der Waals surface area contributed by atoms with E-state index >= 15 is 0 Å². The van der Waals surface area contributed by atoms with Crippen molar-refractivity contribution in [2.24, 2.45) is 0 Å². The summed E-state index contributed by atoms with van der Waals surface area (Å²) in [6, 6.07) is 41.4. The fourth-order valence-corrected chi connectivity index (χ4v) is 12.8. The molecule has 0 amide bonds. The summed E-state index contributed by atoms with van der Waals surface area (Å²) in [5, 5.41) is 10.8. The minimum absolute atomic E-state index is 1.28. The van der Waals surface area contributed by atoms with Crippen LogP contribution in [0.1, 0.15) is 19.5 Å². The number of hydrogen-bond acceptors (Lipinski definition) is 6. The summed E-state index contributed by atoms with van der Waals surface area (Å²) in [5.41, 5.74) is 0. The van der Waals surface area contributed by atoms with Gasteiger partial charge in [0.1, 0.15) is 0 Å². The molecule has 4 aromatic carbocycles. The normalized spacial score (nSPS) is 12.3. The Labute approximate surface area is 302 Å². The highest BCUT2D eigenvalue weighted by Gasteiger charge is 2.14. The molecule has 10 aromatic rings. The van der Waals surface area contributed by atoms with E-state index in [0.717, 1.165) is 0 Å². The Morgan fingerprint density at radius 3 is 1.33 bits per heavy atom. The van der Waals surface area contributed by atoms with E-state index in [-0.39, 0.29) is 0 Å². The van der Waals surface area contributed by atoms with E-state index in [1.807, 2.05) is 68.0 Å². The van der Waals surface area contributed by atoms with E-state index in [1.54, 1.807) is 0 Å². The Hall–Kier alpha value is -3.88. The zero-order chi connectivity index (χ0) is 31.9. The lowest BCUT2D eigenvalue weighted by Crippen LogP contribution is -1.81. The maximum absolute atomic E-state index is 2.41. The molecule has 48 heavy (non-hydrogen) atoms. The fraction of sp³-hybridized carbons (Fsp3) is 0.0476. The van der Waals surface area contributed by atoms with Crippen LogP contribution in [0.2, 0.25) is 0 Å². The van der Waals surface area contributed by atoms with Crippen molar-refractivity contribution in [1.82, 2.24) is 0 Å². The quantitative estimate of drug-likeness (QED) is 0.155. The third-order valence-electron chi connectivity index (χ3n) is 9.05.